The average molecular weight is 237 g/mol. The summed E-state index contributed by atoms with van der Waals surface area (Å²) in [5.74, 6) is 0. The molecular formula is C10H21BrO. The van der Waals surface area contributed by atoms with Crippen LogP contribution in [0.4, 0.5) is 0 Å². The minimum Gasteiger partial charge on any atom is -0.381 e. The van der Waals surface area contributed by atoms with Gasteiger partial charge in [0, 0.05) is 18.5 Å². The molecule has 0 radical (unpaired) electrons. The molecule has 0 aromatic heterocycles. The van der Waals surface area contributed by atoms with Gasteiger partial charge in [0.1, 0.15) is 0 Å². The SMILES string of the molecule is CC(C)(C)CCOCCCCBr. The lowest BCUT2D eigenvalue weighted by Gasteiger charge is -2.17. The maximum atomic E-state index is 5.49. The second-order valence-electron chi connectivity index (χ2n) is 4.32. The number of hydrogen-bond donors (Lipinski definition) is 0. The molecule has 0 fully saturated rings. The molecule has 0 N–H and O–H groups in total. The number of rotatable bonds is 6. The van der Waals surface area contributed by atoms with Gasteiger partial charge in [0.05, 0.1) is 0 Å². The fraction of sp³-hybridized carbons (Fsp3) is 1.00. The van der Waals surface area contributed by atoms with Gasteiger partial charge in [0.2, 0.25) is 0 Å². The van der Waals surface area contributed by atoms with Crippen molar-refractivity contribution in [1.29, 1.82) is 0 Å². The Kier molecular flexibility index (Phi) is 7.16. The van der Waals surface area contributed by atoms with Crippen molar-refractivity contribution >= 4 is 15.9 Å². The van der Waals surface area contributed by atoms with E-state index >= 15 is 0 Å². The molecule has 0 aliphatic rings. The Morgan fingerprint density at radius 3 is 2.25 bits per heavy atom. The molecule has 0 unspecified atom stereocenters. The van der Waals surface area contributed by atoms with Crippen molar-refractivity contribution in [1.82, 2.24) is 0 Å². The van der Waals surface area contributed by atoms with E-state index in [-0.39, 0.29) is 0 Å². The maximum absolute atomic E-state index is 5.49. The third-order valence-corrected chi connectivity index (χ3v) is 2.23. The summed E-state index contributed by atoms with van der Waals surface area (Å²) in [4.78, 5) is 0. The van der Waals surface area contributed by atoms with E-state index in [1.54, 1.807) is 0 Å². The van der Waals surface area contributed by atoms with Gasteiger partial charge >= 0.3 is 0 Å². The van der Waals surface area contributed by atoms with E-state index in [1.165, 1.54) is 12.8 Å². The number of alkyl halides is 1. The van der Waals surface area contributed by atoms with E-state index in [1.807, 2.05) is 0 Å². The summed E-state index contributed by atoms with van der Waals surface area (Å²) < 4.78 is 5.49. The lowest BCUT2D eigenvalue weighted by molar-refractivity contribution is 0.106. The van der Waals surface area contributed by atoms with E-state index in [0.29, 0.717) is 5.41 Å². The lowest BCUT2D eigenvalue weighted by atomic mass is 9.93. The Morgan fingerprint density at radius 2 is 1.75 bits per heavy atom. The molecule has 0 aliphatic carbocycles. The first-order valence-corrected chi connectivity index (χ1v) is 5.82. The molecule has 1 nitrogen and oxygen atoms in total. The van der Waals surface area contributed by atoms with E-state index < -0.39 is 0 Å². The Bertz CT molecular complexity index is 96.5. The van der Waals surface area contributed by atoms with Gasteiger partial charge in [-0.1, -0.05) is 36.7 Å². The highest BCUT2D eigenvalue weighted by Crippen LogP contribution is 2.17. The summed E-state index contributed by atoms with van der Waals surface area (Å²) in [6.45, 7) is 8.56. The summed E-state index contributed by atoms with van der Waals surface area (Å²) in [5.41, 5.74) is 0.412. The van der Waals surface area contributed by atoms with Gasteiger partial charge < -0.3 is 4.74 Å². The molecule has 2 heteroatoms. The molecule has 0 aromatic carbocycles. The summed E-state index contributed by atoms with van der Waals surface area (Å²) >= 11 is 3.39. The summed E-state index contributed by atoms with van der Waals surface area (Å²) in [7, 11) is 0. The first kappa shape index (κ1) is 12.4. The molecule has 0 atom stereocenters. The van der Waals surface area contributed by atoms with Crippen LogP contribution in [0.2, 0.25) is 0 Å². The number of halogens is 1. The van der Waals surface area contributed by atoms with Crippen LogP contribution in [0.25, 0.3) is 0 Å². The van der Waals surface area contributed by atoms with Gasteiger partial charge in [-0.2, -0.15) is 0 Å². The van der Waals surface area contributed by atoms with Crippen molar-refractivity contribution in [3.05, 3.63) is 0 Å². The topological polar surface area (TPSA) is 9.23 Å². The highest BCUT2D eigenvalue weighted by molar-refractivity contribution is 9.09. The van der Waals surface area contributed by atoms with Crippen LogP contribution in [0.3, 0.4) is 0 Å². The lowest BCUT2D eigenvalue weighted by Crippen LogP contribution is -2.09. The first-order chi connectivity index (χ1) is 5.56. The summed E-state index contributed by atoms with van der Waals surface area (Å²) in [6, 6.07) is 0. The van der Waals surface area contributed by atoms with E-state index in [9.17, 15) is 0 Å². The van der Waals surface area contributed by atoms with Gasteiger partial charge in [-0.05, 0) is 24.7 Å². The molecule has 0 heterocycles. The molecule has 12 heavy (non-hydrogen) atoms. The predicted molar refractivity (Wildman–Crippen MR) is 57.9 cm³/mol. The molecule has 0 saturated heterocycles. The largest absolute Gasteiger partial charge is 0.381 e. The van der Waals surface area contributed by atoms with E-state index in [2.05, 4.69) is 36.7 Å². The van der Waals surface area contributed by atoms with Crippen LogP contribution < -0.4 is 0 Å². The first-order valence-electron chi connectivity index (χ1n) is 4.70. The normalized spacial score (nSPS) is 12.0. The minimum absolute atomic E-state index is 0.412. The molecule has 0 spiro atoms. The Morgan fingerprint density at radius 1 is 1.08 bits per heavy atom. The summed E-state index contributed by atoms with van der Waals surface area (Å²) in [6.07, 6.45) is 3.55. The monoisotopic (exact) mass is 236 g/mol. The van der Waals surface area contributed by atoms with Crippen LogP contribution in [0.1, 0.15) is 40.0 Å². The predicted octanol–water partition coefficient (Wildman–Crippen LogP) is 3.61. The van der Waals surface area contributed by atoms with Crippen LogP contribution in [0.5, 0.6) is 0 Å². The maximum Gasteiger partial charge on any atom is 0.0471 e. The quantitative estimate of drug-likeness (QED) is 0.506. The van der Waals surface area contributed by atoms with Crippen LogP contribution in [0.15, 0.2) is 0 Å². The van der Waals surface area contributed by atoms with Gasteiger partial charge in [-0.3, -0.25) is 0 Å². The molecule has 0 amide bonds. The zero-order valence-corrected chi connectivity index (χ0v) is 10.1. The zero-order chi connectivity index (χ0) is 9.45. The molecular weight excluding hydrogens is 216 g/mol. The highest BCUT2D eigenvalue weighted by atomic mass is 79.9. The molecule has 0 saturated carbocycles. The Hall–Kier alpha value is 0.440. The van der Waals surface area contributed by atoms with Crippen LogP contribution >= 0.6 is 15.9 Å². The van der Waals surface area contributed by atoms with Crippen LogP contribution in [0, 0.1) is 5.41 Å². The smallest absolute Gasteiger partial charge is 0.0471 e. The zero-order valence-electron chi connectivity index (χ0n) is 8.53. The average Bonchev–Trinajstić information content (AvgIpc) is 1.94. The van der Waals surface area contributed by atoms with Crippen molar-refractivity contribution in [2.45, 2.75) is 40.0 Å². The molecule has 0 rings (SSSR count). The van der Waals surface area contributed by atoms with Crippen molar-refractivity contribution in [3.63, 3.8) is 0 Å². The van der Waals surface area contributed by atoms with Crippen LogP contribution in [-0.4, -0.2) is 18.5 Å². The number of unbranched alkanes of at least 4 members (excludes halogenated alkanes) is 1. The third kappa shape index (κ3) is 10.4. The summed E-state index contributed by atoms with van der Waals surface area (Å²) in [5, 5.41) is 1.09. The van der Waals surface area contributed by atoms with Gasteiger partial charge in [-0.15, -0.1) is 0 Å². The van der Waals surface area contributed by atoms with Crippen molar-refractivity contribution in [2.24, 2.45) is 5.41 Å². The number of hydrogen-bond acceptors (Lipinski definition) is 1. The second kappa shape index (κ2) is 6.90. The van der Waals surface area contributed by atoms with Crippen molar-refractivity contribution < 1.29 is 4.74 Å². The van der Waals surface area contributed by atoms with Gasteiger partial charge in [0.25, 0.3) is 0 Å². The van der Waals surface area contributed by atoms with Gasteiger partial charge in [0.15, 0.2) is 0 Å². The van der Waals surface area contributed by atoms with Crippen LogP contribution in [-0.2, 0) is 4.74 Å². The fourth-order valence-electron chi connectivity index (χ4n) is 0.779. The van der Waals surface area contributed by atoms with Crippen molar-refractivity contribution in [3.8, 4) is 0 Å². The molecule has 74 valence electrons. The van der Waals surface area contributed by atoms with E-state index in [0.717, 1.165) is 25.0 Å². The van der Waals surface area contributed by atoms with Crippen molar-refractivity contribution in [2.75, 3.05) is 18.5 Å². The Labute approximate surface area is 85.0 Å². The molecule has 0 bridgehead atoms. The third-order valence-electron chi connectivity index (χ3n) is 1.67. The number of ether oxygens (including phenoxy) is 1. The van der Waals surface area contributed by atoms with Gasteiger partial charge in [-0.25, -0.2) is 0 Å². The van der Waals surface area contributed by atoms with E-state index in [4.69, 9.17) is 4.74 Å². The Balaban J connectivity index is 3.01. The molecule has 0 aromatic rings. The second-order valence-corrected chi connectivity index (χ2v) is 5.11. The standard InChI is InChI=1S/C10H21BrO/c1-10(2,3)6-9-12-8-5-4-7-11/h4-9H2,1-3H3. The molecule has 0 aliphatic heterocycles. The minimum atomic E-state index is 0.412. The highest BCUT2D eigenvalue weighted by Gasteiger charge is 2.08. The fourth-order valence-corrected chi connectivity index (χ4v) is 1.18.